The van der Waals surface area contributed by atoms with Crippen molar-refractivity contribution in [1.82, 2.24) is 0 Å². The summed E-state index contributed by atoms with van der Waals surface area (Å²) < 4.78 is 0.756. The maximum absolute atomic E-state index is 11.4. The highest BCUT2D eigenvalue weighted by Gasteiger charge is 2.44. The number of carbonyl (C=O) groups excluding carboxylic acids is 1. The summed E-state index contributed by atoms with van der Waals surface area (Å²) in [7, 11) is 0. The molecule has 0 aromatic heterocycles. The molecule has 0 saturated carbocycles. The van der Waals surface area contributed by atoms with E-state index in [4.69, 9.17) is 5.26 Å². The van der Waals surface area contributed by atoms with Gasteiger partial charge in [-0.1, -0.05) is 0 Å². The number of carbonyl (C=O) groups is 1. The molecule has 2 bridgehead atoms. The largest absolute Gasteiger partial charge is 0.306 e. The molecule has 64 valence electrons. The van der Waals surface area contributed by atoms with Crippen LogP contribution in [0.5, 0.6) is 0 Å². The predicted molar refractivity (Wildman–Crippen MR) is 43.1 cm³/mol. The van der Waals surface area contributed by atoms with Gasteiger partial charge in [0.2, 0.25) is 0 Å². The van der Waals surface area contributed by atoms with Gasteiger partial charge in [-0.25, -0.2) is 0 Å². The minimum Gasteiger partial charge on any atom is -0.306 e. The molecule has 12 heavy (non-hydrogen) atoms. The molecule has 0 aromatic carbocycles. The van der Waals surface area contributed by atoms with E-state index in [1.807, 2.05) is 0 Å². The number of rotatable bonds is 1. The van der Waals surface area contributed by atoms with Crippen molar-refractivity contribution >= 4 is 5.78 Å². The van der Waals surface area contributed by atoms with Crippen LogP contribution in [0.4, 0.5) is 0 Å². The summed E-state index contributed by atoms with van der Waals surface area (Å²) in [6.07, 6.45) is 2.03. The third kappa shape index (κ3) is 1.03. The van der Waals surface area contributed by atoms with Gasteiger partial charge in [0, 0.05) is 18.8 Å². The first-order valence-corrected chi connectivity index (χ1v) is 4.50. The Bertz CT molecular complexity index is 246. The van der Waals surface area contributed by atoms with E-state index in [9.17, 15) is 4.79 Å². The van der Waals surface area contributed by atoms with Crippen LogP contribution in [0.2, 0.25) is 0 Å². The Morgan fingerprint density at radius 2 is 2.17 bits per heavy atom. The summed E-state index contributed by atoms with van der Waals surface area (Å²) in [4.78, 5) is 11.4. The smallest absolute Gasteiger partial charge is 0.190 e. The molecule has 0 aromatic rings. The van der Waals surface area contributed by atoms with Gasteiger partial charge in [-0.2, -0.15) is 5.26 Å². The second-order valence-electron chi connectivity index (χ2n) is 4.00. The Morgan fingerprint density at radius 3 is 2.67 bits per heavy atom. The molecule has 0 amide bonds. The fraction of sp³-hybridized carbons (Fsp3) is 0.778. The van der Waals surface area contributed by atoms with E-state index in [0.29, 0.717) is 24.8 Å². The van der Waals surface area contributed by atoms with Gasteiger partial charge < -0.3 is 4.48 Å². The molecule has 0 atom stereocenters. The summed E-state index contributed by atoms with van der Waals surface area (Å²) in [5.41, 5.74) is 0. The lowest BCUT2D eigenvalue weighted by Crippen LogP contribution is -2.62. The van der Waals surface area contributed by atoms with Crippen LogP contribution in [0, 0.1) is 17.2 Å². The zero-order valence-corrected chi connectivity index (χ0v) is 7.12. The van der Waals surface area contributed by atoms with Gasteiger partial charge in [0.05, 0.1) is 13.1 Å². The number of hydrogen-bond donors (Lipinski definition) is 0. The average molecular weight is 165 g/mol. The third-order valence-corrected chi connectivity index (χ3v) is 3.26. The molecule has 3 heterocycles. The topological polar surface area (TPSA) is 40.9 Å². The van der Waals surface area contributed by atoms with Crippen molar-refractivity contribution in [2.24, 2.45) is 5.92 Å². The van der Waals surface area contributed by atoms with Crippen molar-refractivity contribution in [1.29, 1.82) is 5.26 Å². The van der Waals surface area contributed by atoms with Crippen LogP contribution in [-0.2, 0) is 4.79 Å². The lowest BCUT2D eigenvalue weighted by atomic mass is 9.85. The van der Waals surface area contributed by atoms with E-state index < -0.39 is 0 Å². The van der Waals surface area contributed by atoms with Gasteiger partial charge in [0.1, 0.15) is 12.6 Å². The molecule has 0 N–H and O–H groups in total. The monoisotopic (exact) mass is 165 g/mol. The van der Waals surface area contributed by atoms with Crippen molar-refractivity contribution in [3.63, 3.8) is 0 Å². The number of nitriles is 1. The third-order valence-electron chi connectivity index (χ3n) is 3.26. The van der Waals surface area contributed by atoms with E-state index in [0.717, 1.165) is 30.4 Å². The molecule has 3 rings (SSSR count). The van der Waals surface area contributed by atoms with Crippen molar-refractivity contribution in [3.05, 3.63) is 0 Å². The predicted octanol–water partition coefficient (Wildman–Crippen LogP) is 0.319. The van der Waals surface area contributed by atoms with Crippen LogP contribution in [-0.4, -0.2) is 36.4 Å². The number of nitrogens with zero attached hydrogens (tertiary/aromatic N) is 2. The van der Waals surface area contributed by atoms with E-state index in [1.165, 1.54) is 0 Å². The highest BCUT2D eigenvalue weighted by atomic mass is 16.1. The maximum atomic E-state index is 11.4. The number of quaternary nitrogens is 1. The SMILES string of the molecule is N#CC[N+]12CCC(CC1)C(=O)C2. The minimum atomic E-state index is 0.337. The van der Waals surface area contributed by atoms with E-state index >= 15 is 0 Å². The summed E-state index contributed by atoms with van der Waals surface area (Å²) in [6, 6.07) is 2.19. The molecule has 0 unspecified atom stereocenters. The Kier molecular flexibility index (Phi) is 1.66. The number of fused-ring (bicyclic) bond motifs is 3. The lowest BCUT2D eigenvalue weighted by molar-refractivity contribution is -0.924. The van der Waals surface area contributed by atoms with Gasteiger partial charge in [0.25, 0.3) is 0 Å². The molecular weight excluding hydrogens is 152 g/mol. The minimum absolute atomic E-state index is 0.337. The van der Waals surface area contributed by atoms with Crippen molar-refractivity contribution < 1.29 is 9.28 Å². The quantitative estimate of drug-likeness (QED) is 0.414. The fourth-order valence-corrected chi connectivity index (χ4v) is 2.42. The van der Waals surface area contributed by atoms with Crippen LogP contribution < -0.4 is 0 Å². The molecule has 0 aliphatic carbocycles. The maximum Gasteiger partial charge on any atom is 0.190 e. The van der Waals surface area contributed by atoms with Gasteiger partial charge in [-0.3, -0.25) is 4.79 Å². The fourth-order valence-electron chi connectivity index (χ4n) is 2.42. The van der Waals surface area contributed by atoms with Crippen molar-refractivity contribution in [2.75, 3.05) is 26.2 Å². The Hall–Kier alpha value is -0.880. The molecule has 0 spiro atoms. The molecule has 3 aliphatic heterocycles. The molecule has 3 aliphatic rings. The first-order chi connectivity index (χ1) is 5.76. The summed E-state index contributed by atoms with van der Waals surface area (Å²) in [5.74, 6) is 0.728. The number of Topliss-reactive ketones (excluding diaryl/α,β-unsaturated/α-hetero) is 1. The van der Waals surface area contributed by atoms with Crippen LogP contribution in [0.25, 0.3) is 0 Å². The van der Waals surface area contributed by atoms with Crippen LogP contribution in [0.1, 0.15) is 12.8 Å². The Labute approximate surface area is 72.2 Å². The normalized spacial score (nSPS) is 39.6. The van der Waals surface area contributed by atoms with Gasteiger partial charge >= 0.3 is 0 Å². The Balaban J connectivity index is 2.17. The van der Waals surface area contributed by atoms with Crippen LogP contribution >= 0.6 is 0 Å². The highest BCUT2D eigenvalue weighted by Crippen LogP contribution is 2.30. The zero-order chi connectivity index (χ0) is 8.60. The van der Waals surface area contributed by atoms with Crippen molar-refractivity contribution in [3.8, 4) is 6.07 Å². The van der Waals surface area contributed by atoms with E-state index in [2.05, 4.69) is 6.07 Å². The lowest BCUT2D eigenvalue weighted by Gasteiger charge is -2.46. The molecule has 0 radical (unpaired) electrons. The first-order valence-electron chi connectivity index (χ1n) is 4.50. The average Bonchev–Trinajstić information content (AvgIpc) is 2.05. The van der Waals surface area contributed by atoms with Crippen LogP contribution in [0.15, 0.2) is 0 Å². The zero-order valence-electron chi connectivity index (χ0n) is 7.12. The highest BCUT2D eigenvalue weighted by molar-refractivity contribution is 5.83. The van der Waals surface area contributed by atoms with Gasteiger partial charge in [-0.05, 0) is 0 Å². The molecule has 3 heteroatoms. The number of ketones is 1. The molecule has 3 fully saturated rings. The second kappa shape index (κ2) is 2.56. The van der Waals surface area contributed by atoms with Gasteiger partial charge in [0.15, 0.2) is 12.3 Å². The molecule has 3 nitrogen and oxygen atoms in total. The summed E-state index contributed by atoms with van der Waals surface area (Å²) in [6.45, 7) is 3.24. The van der Waals surface area contributed by atoms with Crippen LogP contribution in [0.3, 0.4) is 0 Å². The van der Waals surface area contributed by atoms with Crippen molar-refractivity contribution in [2.45, 2.75) is 12.8 Å². The van der Waals surface area contributed by atoms with Gasteiger partial charge in [-0.15, -0.1) is 0 Å². The summed E-state index contributed by atoms with van der Waals surface area (Å²) >= 11 is 0. The molecule has 3 saturated heterocycles. The first kappa shape index (κ1) is 7.75. The van der Waals surface area contributed by atoms with E-state index in [-0.39, 0.29) is 0 Å². The number of piperidine rings is 3. The standard InChI is InChI=1S/C9H13N2O/c10-3-6-11-4-1-8(2-5-11)9(12)7-11/h8H,1-2,4-7H2/q+1. The summed E-state index contributed by atoms with van der Waals surface area (Å²) in [5, 5.41) is 8.64. The molecular formula is C9H13N2O+. The number of hydrogen-bond acceptors (Lipinski definition) is 2. The van der Waals surface area contributed by atoms with E-state index in [1.54, 1.807) is 0 Å². The second-order valence-corrected chi connectivity index (χ2v) is 4.00. The Morgan fingerprint density at radius 1 is 1.50 bits per heavy atom.